The van der Waals surface area contributed by atoms with Gasteiger partial charge in [-0.25, -0.2) is 4.39 Å². The van der Waals surface area contributed by atoms with E-state index in [2.05, 4.69) is 0 Å². The number of ether oxygens (including phenoxy) is 4. The van der Waals surface area contributed by atoms with Gasteiger partial charge in [0, 0.05) is 25.7 Å². The molecule has 0 spiro atoms. The first-order valence-electron chi connectivity index (χ1n) is 8.69. The number of halogens is 3. The van der Waals surface area contributed by atoms with Crippen molar-refractivity contribution in [3.63, 3.8) is 0 Å². The molecule has 2 N–H and O–H groups in total. The zero-order valence-corrected chi connectivity index (χ0v) is 18.6. The van der Waals surface area contributed by atoms with Crippen molar-refractivity contribution in [2.75, 3.05) is 6.61 Å². The number of benzene rings is 1. The zero-order valence-electron chi connectivity index (χ0n) is 16.2. The van der Waals surface area contributed by atoms with Crippen molar-refractivity contribution in [1.29, 1.82) is 0 Å². The average molecular weight is 484 g/mol. The van der Waals surface area contributed by atoms with Gasteiger partial charge < -0.3 is 24.7 Å². The SMILES string of the molecule is CC(=O)OCC1OC(Sc2cc(Cl)c(Cl)cc2F)C(OC(C)=O)C(N)C1OC(C)=O. The van der Waals surface area contributed by atoms with Gasteiger partial charge in [-0.2, -0.15) is 0 Å². The number of hydrogen-bond donors (Lipinski definition) is 1. The summed E-state index contributed by atoms with van der Waals surface area (Å²) in [4.78, 5) is 34.4. The number of carbonyl (C=O) groups is 3. The van der Waals surface area contributed by atoms with E-state index in [-0.39, 0.29) is 21.5 Å². The Morgan fingerprint density at radius 2 is 1.63 bits per heavy atom. The molecule has 1 aliphatic rings. The molecule has 0 radical (unpaired) electrons. The van der Waals surface area contributed by atoms with Crippen molar-refractivity contribution < 1.29 is 37.7 Å². The van der Waals surface area contributed by atoms with E-state index in [0.717, 1.165) is 17.8 Å². The molecule has 5 unspecified atom stereocenters. The van der Waals surface area contributed by atoms with Gasteiger partial charge in [-0.15, -0.1) is 0 Å². The molecule has 5 atom stereocenters. The first-order chi connectivity index (χ1) is 14.0. The van der Waals surface area contributed by atoms with Gasteiger partial charge in [-0.1, -0.05) is 35.0 Å². The van der Waals surface area contributed by atoms with Crippen molar-refractivity contribution in [3.8, 4) is 0 Å². The smallest absolute Gasteiger partial charge is 0.303 e. The van der Waals surface area contributed by atoms with E-state index in [9.17, 15) is 18.8 Å². The first kappa shape index (κ1) is 24.7. The molecule has 166 valence electrons. The van der Waals surface area contributed by atoms with Crippen LogP contribution in [0, 0.1) is 5.82 Å². The van der Waals surface area contributed by atoms with Crippen LogP contribution in [0.5, 0.6) is 0 Å². The van der Waals surface area contributed by atoms with Gasteiger partial charge in [-0.3, -0.25) is 14.4 Å². The van der Waals surface area contributed by atoms with Crippen molar-refractivity contribution in [2.24, 2.45) is 5.73 Å². The van der Waals surface area contributed by atoms with Gasteiger partial charge in [0.25, 0.3) is 0 Å². The van der Waals surface area contributed by atoms with Crippen LogP contribution in [0.3, 0.4) is 0 Å². The predicted octanol–water partition coefficient (Wildman–Crippen LogP) is 2.70. The molecule has 0 amide bonds. The fourth-order valence-electron chi connectivity index (χ4n) is 2.76. The summed E-state index contributed by atoms with van der Waals surface area (Å²) in [5.74, 6) is -2.59. The Kier molecular flexibility index (Phi) is 8.74. The minimum Gasteiger partial charge on any atom is -0.463 e. The second-order valence-corrected chi connectivity index (χ2v) is 8.34. The Morgan fingerprint density at radius 3 is 2.20 bits per heavy atom. The van der Waals surface area contributed by atoms with Crippen LogP contribution in [-0.4, -0.2) is 54.3 Å². The maximum Gasteiger partial charge on any atom is 0.303 e. The standard InChI is InChI=1S/C18H20Cl2FNO7S/c1-7(23)26-6-13-16(27-8(2)24)15(22)17(28-9(3)25)18(29-13)30-14-5-11(20)10(19)4-12(14)21/h4-5,13,15-18H,6,22H2,1-3H3. The number of esters is 3. The van der Waals surface area contributed by atoms with Crippen LogP contribution in [0.15, 0.2) is 17.0 Å². The monoisotopic (exact) mass is 483 g/mol. The van der Waals surface area contributed by atoms with E-state index in [4.69, 9.17) is 47.9 Å². The molecule has 1 aliphatic heterocycles. The van der Waals surface area contributed by atoms with Crippen molar-refractivity contribution in [1.82, 2.24) is 0 Å². The van der Waals surface area contributed by atoms with Gasteiger partial charge >= 0.3 is 17.9 Å². The molecule has 0 aliphatic carbocycles. The molecule has 2 rings (SSSR count). The summed E-state index contributed by atoms with van der Waals surface area (Å²) >= 11 is 12.6. The van der Waals surface area contributed by atoms with Gasteiger partial charge in [0.15, 0.2) is 6.10 Å². The molecular formula is C18H20Cl2FNO7S. The number of rotatable bonds is 6. The Balaban J connectivity index is 2.36. The van der Waals surface area contributed by atoms with E-state index in [1.54, 1.807) is 0 Å². The Labute approximate surface area is 186 Å². The Morgan fingerprint density at radius 1 is 1.07 bits per heavy atom. The molecule has 1 aromatic rings. The van der Waals surface area contributed by atoms with Gasteiger partial charge in [0.05, 0.1) is 16.1 Å². The molecule has 0 bridgehead atoms. The van der Waals surface area contributed by atoms with Crippen LogP contribution in [0.2, 0.25) is 10.0 Å². The van der Waals surface area contributed by atoms with Crippen molar-refractivity contribution >= 4 is 52.9 Å². The van der Waals surface area contributed by atoms with Gasteiger partial charge in [0.1, 0.15) is 30.1 Å². The molecule has 30 heavy (non-hydrogen) atoms. The number of thioether (sulfide) groups is 1. The van der Waals surface area contributed by atoms with E-state index < -0.39 is 53.5 Å². The zero-order chi connectivity index (χ0) is 22.6. The average Bonchev–Trinajstić information content (AvgIpc) is 2.62. The lowest BCUT2D eigenvalue weighted by molar-refractivity contribution is -0.201. The van der Waals surface area contributed by atoms with Crippen LogP contribution in [-0.2, 0) is 33.3 Å². The maximum absolute atomic E-state index is 14.4. The predicted molar refractivity (Wildman–Crippen MR) is 107 cm³/mol. The molecule has 1 saturated heterocycles. The van der Waals surface area contributed by atoms with E-state index in [1.165, 1.54) is 26.8 Å². The van der Waals surface area contributed by atoms with Crippen LogP contribution in [0.25, 0.3) is 0 Å². The summed E-state index contributed by atoms with van der Waals surface area (Å²) < 4.78 is 35.7. The minimum absolute atomic E-state index is 0.0268. The maximum atomic E-state index is 14.4. The van der Waals surface area contributed by atoms with E-state index in [0.29, 0.717) is 0 Å². The molecule has 12 heteroatoms. The largest absolute Gasteiger partial charge is 0.463 e. The van der Waals surface area contributed by atoms with Crippen LogP contribution in [0.4, 0.5) is 4.39 Å². The third-order valence-electron chi connectivity index (χ3n) is 3.98. The summed E-state index contributed by atoms with van der Waals surface area (Å²) in [5, 5.41) is 0.137. The highest BCUT2D eigenvalue weighted by Gasteiger charge is 2.49. The fourth-order valence-corrected chi connectivity index (χ4v) is 4.32. The summed E-state index contributed by atoms with van der Waals surface area (Å²) in [7, 11) is 0. The molecule has 0 aromatic heterocycles. The molecule has 1 heterocycles. The lowest BCUT2D eigenvalue weighted by atomic mass is 9.97. The third kappa shape index (κ3) is 6.45. The van der Waals surface area contributed by atoms with Gasteiger partial charge in [-0.05, 0) is 12.1 Å². The number of nitrogens with two attached hydrogens (primary N) is 1. The van der Waals surface area contributed by atoms with Crippen molar-refractivity contribution in [3.05, 3.63) is 28.0 Å². The van der Waals surface area contributed by atoms with Crippen molar-refractivity contribution in [2.45, 2.75) is 55.5 Å². The second-order valence-electron chi connectivity index (χ2n) is 6.39. The lowest BCUT2D eigenvalue weighted by Gasteiger charge is -2.43. The normalized spacial score (nSPS) is 26.0. The number of hydrogen-bond acceptors (Lipinski definition) is 9. The molecule has 8 nitrogen and oxygen atoms in total. The highest BCUT2D eigenvalue weighted by atomic mass is 35.5. The van der Waals surface area contributed by atoms with Crippen LogP contribution >= 0.6 is 35.0 Å². The lowest BCUT2D eigenvalue weighted by Crippen LogP contribution is -2.63. The quantitative estimate of drug-likeness (QED) is 0.370. The first-order valence-corrected chi connectivity index (χ1v) is 10.3. The minimum atomic E-state index is -1.11. The topological polar surface area (TPSA) is 114 Å². The summed E-state index contributed by atoms with van der Waals surface area (Å²) in [6, 6.07) is 1.28. The molecule has 1 fully saturated rings. The molecule has 1 aromatic carbocycles. The van der Waals surface area contributed by atoms with E-state index >= 15 is 0 Å². The van der Waals surface area contributed by atoms with Gasteiger partial charge in [0.2, 0.25) is 0 Å². The summed E-state index contributed by atoms with van der Waals surface area (Å²) in [6.07, 6.45) is -3.18. The summed E-state index contributed by atoms with van der Waals surface area (Å²) in [6.45, 7) is 3.25. The van der Waals surface area contributed by atoms with E-state index in [1.807, 2.05) is 0 Å². The van der Waals surface area contributed by atoms with Crippen LogP contribution < -0.4 is 5.73 Å². The highest BCUT2D eigenvalue weighted by molar-refractivity contribution is 7.99. The highest BCUT2D eigenvalue weighted by Crippen LogP contribution is 2.39. The number of carbonyl (C=O) groups excluding carboxylic acids is 3. The van der Waals surface area contributed by atoms with Crippen LogP contribution in [0.1, 0.15) is 20.8 Å². The molecular weight excluding hydrogens is 464 g/mol. The second kappa shape index (κ2) is 10.6. The summed E-state index contributed by atoms with van der Waals surface area (Å²) in [5.41, 5.74) is 5.20. The third-order valence-corrected chi connectivity index (χ3v) is 5.88. The Bertz CT molecular complexity index is 826. The molecule has 0 saturated carbocycles. The Hall–Kier alpha value is -1.59. The fraction of sp³-hybridized carbons (Fsp3) is 0.500.